The quantitative estimate of drug-likeness (QED) is 0.306. The third-order valence-corrected chi connectivity index (χ3v) is 8.39. The van der Waals surface area contributed by atoms with Gasteiger partial charge in [0.1, 0.15) is 23.7 Å². The van der Waals surface area contributed by atoms with Gasteiger partial charge in [0, 0.05) is 55.5 Å². The lowest BCUT2D eigenvalue weighted by molar-refractivity contribution is -0.0257. The largest absolute Gasteiger partial charge is 0.383 e. The van der Waals surface area contributed by atoms with Crippen LogP contribution in [0.3, 0.4) is 0 Å². The van der Waals surface area contributed by atoms with Crippen molar-refractivity contribution in [1.29, 1.82) is 0 Å². The summed E-state index contributed by atoms with van der Waals surface area (Å²) in [5.74, 6) is -3.45. The first kappa shape index (κ1) is 26.7. The third kappa shape index (κ3) is 4.71. The molecule has 1 atom stereocenters. The number of urea groups is 1. The van der Waals surface area contributed by atoms with Gasteiger partial charge in [-0.25, -0.2) is 32.6 Å². The maximum Gasteiger partial charge on any atom is 0.323 e. The van der Waals surface area contributed by atoms with E-state index in [1.807, 2.05) is 7.05 Å². The molecule has 13 heteroatoms. The van der Waals surface area contributed by atoms with Crippen LogP contribution in [0.2, 0.25) is 0 Å². The number of nitrogen functional groups attached to an aromatic ring is 1. The highest BCUT2D eigenvalue weighted by molar-refractivity contribution is 6.01. The number of aromatic nitrogens is 4. The Morgan fingerprint density at radius 1 is 1.05 bits per heavy atom. The number of carbonyl (C=O) groups is 1. The van der Waals surface area contributed by atoms with E-state index in [2.05, 4.69) is 35.5 Å². The number of rotatable bonds is 5. The van der Waals surface area contributed by atoms with Crippen molar-refractivity contribution in [3.05, 3.63) is 59.7 Å². The summed E-state index contributed by atoms with van der Waals surface area (Å²) in [6, 6.07) is 7.99. The van der Waals surface area contributed by atoms with Crippen molar-refractivity contribution in [1.82, 2.24) is 29.5 Å². The van der Waals surface area contributed by atoms with E-state index < -0.39 is 17.8 Å². The summed E-state index contributed by atoms with van der Waals surface area (Å²) < 4.78 is 47.1. The second-order valence-corrected chi connectivity index (χ2v) is 11.3. The summed E-state index contributed by atoms with van der Waals surface area (Å²) in [5, 5.41) is 10.2. The number of nitrogens with zero attached hydrogens (tertiary/aromatic N) is 6. The number of carbonyl (C=O) groups excluding carboxylic acids is 1. The summed E-state index contributed by atoms with van der Waals surface area (Å²) in [6.07, 6.45) is 3.05. The minimum absolute atomic E-state index is 0.0759. The number of hydrogen-bond donors (Lipinski definition) is 3. The maximum absolute atomic E-state index is 15.2. The minimum Gasteiger partial charge on any atom is -0.383 e. The Bertz CT molecular complexity index is 1700. The van der Waals surface area contributed by atoms with Crippen LogP contribution in [0.15, 0.2) is 42.7 Å². The number of fused-ring (bicyclic) bond motifs is 2. The van der Waals surface area contributed by atoms with Gasteiger partial charge in [0.2, 0.25) is 0 Å². The Morgan fingerprint density at radius 2 is 1.83 bits per heavy atom. The standard InChI is InChI=1S/C29H30F3N9O/c1-39-8-10-40(11-9-39)23-14-29(31,32)20-13-17(3-6-19(20)23)36-28(42)37-22-7-2-16(12-21(22)30)25-24-26(33)34-15-35-27(24)41(38-25)18-4-5-18/h2-3,6-7,12-13,15,18,23H,4-5,8-11,14H2,1H3,(H2,33,34,35)(H2,36,37,42). The molecule has 2 fully saturated rings. The predicted octanol–water partition coefficient (Wildman–Crippen LogP) is 4.98. The number of hydrogen-bond acceptors (Lipinski definition) is 7. The Morgan fingerprint density at radius 3 is 2.57 bits per heavy atom. The van der Waals surface area contributed by atoms with Gasteiger partial charge in [-0.3, -0.25) is 4.90 Å². The summed E-state index contributed by atoms with van der Waals surface area (Å²) in [7, 11) is 2.02. The molecule has 10 nitrogen and oxygen atoms in total. The smallest absolute Gasteiger partial charge is 0.323 e. The highest BCUT2D eigenvalue weighted by Crippen LogP contribution is 2.50. The number of benzene rings is 2. The zero-order valence-corrected chi connectivity index (χ0v) is 22.9. The van der Waals surface area contributed by atoms with Crippen LogP contribution >= 0.6 is 0 Å². The molecule has 7 rings (SSSR count). The third-order valence-electron chi connectivity index (χ3n) is 8.39. The van der Waals surface area contributed by atoms with Crippen LogP contribution in [-0.2, 0) is 5.92 Å². The number of anilines is 3. The van der Waals surface area contributed by atoms with Gasteiger partial charge in [-0.1, -0.05) is 12.1 Å². The lowest BCUT2D eigenvalue weighted by atomic mass is 10.0. The van der Waals surface area contributed by atoms with Gasteiger partial charge in [-0.05, 0) is 49.7 Å². The minimum atomic E-state index is -3.01. The molecule has 0 spiro atoms. The van der Waals surface area contributed by atoms with Crippen LogP contribution < -0.4 is 16.4 Å². The number of likely N-dealkylation sites (N-methyl/N-ethyl adjacent to an activating group) is 1. The second kappa shape index (κ2) is 9.95. The van der Waals surface area contributed by atoms with Crippen LogP contribution in [0.25, 0.3) is 22.3 Å². The molecule has 4 aromatic rings. The number of nitrogens with two attached hydrogens (primary N) is 1. The molecular weight excluding hydrogens is 547 g/mol. The van der Waals surface area contributed by atoms with E-state index in [1.165, 1.54) is 24.5 Å². The van der Waals surface area contributed by atoms with Crippen LogP contribution in [0.4, 0.5) is 35.2 Å². The second-order valence-electron chi connectivity index (χ2n) is 11.3. The molecule has 1 unspecified atom stereocenters. The van der Waals surface area contributed by atoms with E-state index in [0.717, 1.165) is 39.0 Å². The first-order valence-electron chi connectivity index (χ1n) is 14.0. The van der Waals surface area contributed by atoms with Gasteiger partial charge < -0.3 is 21.3 Å². The molecule has 42 heavy (non-hydrogen) atoms. The van der Waals surface area contributed by atoms with Gasteiger partial charge in [0.25, 0.3) is 5.92 Å². The normalized spacial score (nSPS) is 20.5. The van der Waals surface area contributed by atoms with Crippen LogP contribution in [0.1, 0.15) is 42.5 Å². The lowest BCUT2D eigenvalue weighted by Crippen LogP contribution is -2.45. The molecule has 218 valence electrons. The van der Waals surface area contributed by atoms with E-state index in [-0.39, 0.29) is 41.3 Å². The Kier molecular flexibility index (Phi) is 6.31. The molecule has 1 saturated heterocycles. The number of amides is 2. The maximum atomic E-state index is 15.2. The Hall–Kier alpha value is -4.23. The molecule has 0 radical (unpaired) electrons. The van der Waals surface area contributed by atoms with Crippen LogP contribution in [-0.4, -0.2) is 68.8 Å². The van der Waals surface area contributed by atoms with Crippen molar-refractivity contribution in [3.8, 4) is 11.3 Å². The van der Waals surface area contributed by atoms with Gasteiger partial charge >= 0.3 is 6.03 Å². The fourth-order valence-electron chi connectivity index (χ4n) is 5.98. The van der Waals surface area contributed by atoms with Gasteiger partial charge in [-0.15, -0.1) is 0 Å². The number of halogens is 3. The summed E-state index contributed by atoms with van der Waals surface area (Å²) >= 11 is 0. The molecule has 3 heterocycles. The number of alkyl halides is 2. The van der Waals surface area contributed by atoms with Crippen molar-refractivity contribution in [3.63, 3.8) is 0 Å². The average molecular weight is 578 g/mol. The first-order chi connectivity index (χ1) is 20.2. The van der Waals surface area contributed by atoms with E-state index >= 15 is 13.2 Å². The summed E-state index contributed by atoms with van der Waals surface area (Å²) in [5.41, 5.74) is 8.26. The van der Waals surface area contributed by atoms with Crippen molar-refractivity contribution >= 4 is 34.3 Å². The van der Waals surface area contributed by atoms with Crippen molar-refractivity contribution < 1.29 is 18.0 Å². The Labute approximate surface area is 239 Å². The SMILES string of the molecule is CN1CCN(C2CC(F)(F)c3cc(NC(=O)Nc4ccc(-c5nn(C6CC6)c6ncnc(N)c56)cc4F)ccc32)CC1. The average Bonchev–Trinajstić information content (AvgIpc) is 3.67. The molecule has 2 amide bonds. The summed E-state index contributed by atoms with van der Waals surface area (Å²) in [4.78, 5) is 25.4. The highest BCUT2D eigenvalue weighted by Gasteiger charge is 2.47. The first-order valence-corrected chi connectivity index (χ1v) is 14.0. The summed E-state index contributed by atoms with van der Waals surface area (Å²) in [6.45, 7) is 3.11. The zero-order chi connectivity index (χ0) is 29.2. The van der Waals surface area contributed by atoms with Crippen LogP contribution in [0.5, 0.6) is 0 Å². The monoisotopic (exact) mass is 577 g/mol. The molecular formula is C29H30F3N9O. The van der Waals surface area contributed by atoms with E-state index in [9.17, 15) is 4.79 Å². The molecule has 1 aliphatic heterocycles. The lowest BCUT2D eigenvalue weighted by Gasteiger charge is -2.36. The van der Waals surface area contributed by atoms with E-state index in [0.29, 0.717) is 27.9 Å². The molecule has 3 aliphatic rings. The van der Waals surface area contributed by atoms with E-state index in [1.54, 1.807) is 22.9 Å². The number of piperazine rings is 1. The molecule has 2 aromatic heterocycles. The highest BCUT2D eigenvalue weighted by atomic mass is 19.3. The van der Waals surface area contributed by atoms with Crippen molar-refractivity contribution in [2.75, 3.05) is 49.6 Å². The van der Waals surface area contributed by atoms with Crippen LogP contribution in [0, 0.1) is 5.82 Å². The molecule has 2 aromatic carbocycles. The molecule has 2 aliphatic carbocycles. The zero-order valence-electron chi connectivity index (χ0n) is 22.9. The van der Waals surface area contributed by atoms with Gasteiger partial charge in [0.05, 0.1) is 17.1 Å². The van der Waals surface area contributed by atoms with Gasteiger partial charge in [-0.2, -0.15) is 5.10 Å². The molecule has 0 bridgehead atoms. The topological polar surface area (TPSA) is 117 Å². The number of nitrogens with one attached hydrogen (secondary N) is 2. The van der Waals surface area contributed by atoms with Crippen molar-refractivity contribution in [2.24, 2.45) is 0 Å². The molecule has 4 N–H and O–H groups in total. The Balaban J connectivity index is 1.08. The fourth-order valence-corrected chi connectivity index (χ4v) is 5.98. The van der Waals surface area contributed by atoms with E-state index in [4.69, 9.17) is 5.73 Å². The predicted molar refractivity (Wildman–Crippen MR) is 153 cm³/mol. The van der Waals surface area contributed by atoms with Gasteiger partial charge in [0.15, 0.2) is 5.65 Å². The molecule has 1 saturated carbocycles. The fraction of sp³-hybridized carbons (Fsp3) is 0.379. The van der Waals surface area contributed by atoms with Crippen molar-refractivity contribution in [2.45, 2.75) is 37.3 Å².